The molecule has 0 saturated carbocycles. The summed E-state index contributed by atoms with van der Waals surface area (Å²) in [4.78, 5) is 23.0. The Bertz CT molecular complexity index is 291. The molecule has 1 rings (SSSR count). The van der Waals surface area contributed by atoms with Crippen molar-refractivity contribution in [2.75, 3.05) is 33.5 Å². The average molecular weight is 274 g/mol. The molecule has 0 aromatic heterocycles. The summed E-state index contributed by atoms with van der Waals surface area (Å²) in [5, 5.41) is 0. The van der Waals surface area contributed by atoms with E-state index in [9.17, 15) is 9.59 Å². The molecule has 0 bridgehead atoms. The molecular weight excluding hydrogens is 252 g/mol. The maximum absolute atomic E-state index is 11.6. The van der Waals surface area contributed by atoms with Crippen LogP contribution in [0.3, 0.4) is 0 Å². The van der Waals surface area contributed by atoms with Gasteiger partial charge in [0.15, 0.2) is 5.78 Å². The largest absolute Gasteiger partial charge is 0.464 e. The zero-order chi connectivity index (χ0) is 14.1. The van der Waals surface area contributed by atoms with E-state index >= 15 is 0 Å². The van der Waals surface area contributed by atoms with Gasteiger partial charge in [0, 0.05) is 26.7 Å². The summed E-state index contributed by atoms with van der Waals surface area (Å²) in [6.45, 7) is 3.58. The van der Waals surface area contributed by atoms with Gasteiger partial charge in [-0.1, -0.05) is 0 Å². The monoisotopic (exact) mass is 274 g/mol. The van der Waals surface area contributed by atoms with Crippen molar-refractivity contribution in [1.29, 1.82) is 0 Å². The van der Waals surface area contributed by atoms with Gasteiger partial charge >= 0.3 is 5.97 Å². The molecule has 0 aromatic rings. The smallest absolute Gasteiger partial charge is 0.343 e. The topological polar surface area (TPSA) is 71.1 Å². The first kappa shape index (κ1) is 16.1. The highest BCUT2D eigenvalue weighted by Gasteiger charge is 2.39. The summed E-state index contributed by atoms with van der Waals surface area (Å²) >= 11 is 0. The van der Waals surface area contributed by atoms with Crippen molar-refractivity contribution in [3.63, 3.8) is 0 Å². The van der Waals surface area contributed by atoms with Crippen LogP contribution in [0.2, 0.25) is 0 Å². The van der Waals surface area contributed by atoms with Crippen molar-refractivity contribution in [3.8, 4) is 0 Å². The van der Waals surface area contributed by atoms with Crippen molar-refractivity contribution in [3.05, 3.63) is 0 Å². The van der Waals surface area contributed by atoms with Gasteiger partial charge in [-0.3, -0.25) is 4.79 Å². The zero-order valence-electron chi connectivity index (χ0n) is 11.6. The fourth-order valence-electron chi connectivity index (χ4n) is 1.82. The minimum Gasteiger partial charge on any atom is -0.464 e. The lowest BCUT2D eigenvalue weighted by molar-refractivity contribution is -0.159. The number of methoxy groups -OCH3 is 1. The first-order chi connectivity index (χ1) is 9.19. The Morgan fingerprint density at radius 2 is 2.11 bits per heavy atom. The van der Waals surface area contributed by atoms with Crippen LogP contribution in [0.5, 0.6) is 0 Å². The second kappa shape index (κ2) is 9.01. The third-order valence-corrected chi connectivity index (χ3v) is 2.74. The minimum absolute atomic E-state index is 0.210. The number of Topliss-reactive ketones (excluding diaryl/α,β-unsaturated/α-hetero) is 1. The number of unbranched alkanes of at least 4 members (excludes halogenated alkanes) is 1. The summed E-state index contributed by atoms with van der Waals surface area (Å²) < 4.78 is 20.5. The van der Waals surface area contributed by atoms with E-state index in [1.807, 2.05) is 0 Å². The van der Waals surface area contributed by atoms with E-state index < -0.39 is 12.1 Å². The Kier molecular flexibility index (Phi) is 7.62. The Morgan fingerprint density at radius 1 is 1.37 bits per heavy atom. The highest BCUT2D eigenvalue weighted by Crippen LogP contribution is 2.18. The molecule has 0 radical (unpaired) electrons. The van der Waals surface area contributed by atoms with E-state index in [0.717, 1.165) is 12.8 Å². The van der Waals surface area contributed by atoms with Crippen LogP contribution in [0.1, 0.15) is 26.2 Å². The van der Waals surface area contributed by atoms with Gasteiger partial charge in [0.25, 0.3) is 0 Å². The molecule has 1 heterocycles. The van der Waals surface area contributed by atoms with Crippen molar-refractivity contribution in [1.82, 2.24) is 0 Å². The van der Waals surface area contributed by atoms with Gasteiger partial charge in [-0.15, -0.1) is 0 Å². The average Bonchev–Trinajstić information content (AvgIpc) is 2.75. The fraction of sp³-hybridized carbons (Fsp3) is 0.846. The molecule has 2 unspecified atom stereocenters. The van der Waals surface area contributed by atoms with Gasteiger partial charge in [-0.05, 0) is 19.8 Å². The van der Waals surface area contributed by atoms with E-state index in [-0.39, 0.29) is 24.9 Å². The zero-order valence-corrected chi connectivity index (χ0v) is 11.6. The fourth-order valence-corrected chi connectivity index (χ4v) is 1.82. The number of esters is 1. The standard InChI is InChI=1S/C13H22O6/c1-3-18-13(15)12-11(14)8-10(19-12)9-17-7-5-4-6-16-2/h10,12H,3-9H2,1-2H3. The first-order valence-corrected chi connectivity index (χ1v) is 6.60. The molecule has 19 heavy (non-hydrogen) atoms. The van der Waals surface area contributed by atoms with Gasteiger partial charge in [-0.25, -0.2) is 4.79 Å². The first-order valence-electron chi connectivity index (χ1n) is 6.60. The van der Waals surface area contributed by atoms with Gasteiger partial charge < -0.3 is 18.9 Å². The van der Waals surface area contributed by atoms with Crippen LogP contribution < -0.4 is 0 Å². The molecule has 0 N–H and O–H groups in total. The van der Waals surface area contributed by atoms with Crippen LogP contribution in [0.15, 0.2) is 0 Å². The third kappa shape index (κ3) is 5.67. The van der Waals surface area contributed by atoms with Crippen LogP contribution in [0.4, 0.5) is 0 Å². The number of hydrogen-bond donors (Lipinski definition) is 0. The molecule has 0 aliphatic carbocycles. The van der Waals surface area contributed by atoms with E-state index in [4.69, 9.17) is 18.9 Å². The number of carbonyl (C=O) groups excluding carboxylic acids is 2. The Labute approximate surface area is 113 Å². The van der Waals surface area contributed by atoms with Crippen molar-refractivity contribution in [2.24, 2.45) is 0 Å². The quantitative estimate of drug-likeness (QED) is 0.350. The second-order valence-corrected chi connectivity index (χ2v) is 4.34. The number of hydrogen-bond acceptors (Lipinski definition) is 6. The summed E-state index contributed by atoms with van der Waals surface area (Å²) in [5.74, 6) is -0.832. The van der Waals surface area contributed by atoms with E-state index in [0.29, 0.717) is 19.8 Å². The van der Waals surface area contributed by atoms with Crippen LogP contribution in [0.25, 0.3) is 0 Å². The molecule has 1 aliphatic heterocycles. The molecule has 1 saturated heterocycles. The summed E-state index contributed by atoms with van der Waals surface area (Å²) in [6, 6.07) is 0. The predicted molar refractivity (Wildman–Crippen MR) is 66.8 cm³/mol. The van der Waals surface area contributed by atoms with Gasteiger partial charge in [0.2, 0.25) is 6.10 Å². The molecule has 1 fully saturated rings. The number of carbonyl (C=O) groups is 2. The molecular formula is C13H22O6. The molecule has 2 atom stereocenters. The molecule has 0 aromatic carbocycles. The normalized spacial score (nSPS) is 22.7. The number of rotatable bonds is 9. The third-order valence-electron chi connectivity index (χ3n) is 2.74. The Balaban J connectivity index is 2.16. The second-order valence-electron chi connectivity index (χ2n) is 4.34. The van der Waals surface area contributed by atoms with Crippen molar-refractivity contribution >= 4 is 11.8 Å². The molecule has 110 valence electrons. The van der Waals surface area contributed by atoms with Crippen LogP contribution in [-0.2, 0) is 28.5 Å². The molecule has 6 heteroatoms. The highest BCUT2D eigenvalue weighted by atomic mass is 16.6. The van der Waals surface area contributed by atoms with Crippen molar-refractivity contribution in [2.45, 2.75) is 38.4 Å². The van der Waals surface area contributed by atoms with E-state index in [1.165, 1.54) is 0 Å². The maximum Gasteiger partial charge on any atom is 0.343 e. The van der Waals surface area contributed by atoms with Crippen LogP contribution >= 0.6 is 0 Å². The summed E-state index contributed by atoms with van der Waals surface area (Å²) in [6.07, 6.45) is 0.635. The van der Waals surface area contributed by atoms with Gasteiger partial charge in [0.05, 0.1) is 19.3 Å². The summed E-state index contributed by atoms with van der Waals surface area (Å²) in [7, 11) is 1.66. The molecule has 1 aliphatic rings. The van der Waals surface area contributed by atoms with Gasteiger partial charge in [-0.2, -0.15) is 0 Å². The lowest BCUT2D eigenvalue weighted by Gasteiger charge is -2.12. The Morgan fingerprint density at radius 3 is 2.79 bits per heavy atom. The molecule has 0 amide bonds. The molecule has 0 spiro atoms. The lowest BCUT2D eigenvalue weighted by Crippen LogP contribution is -2.29. The van der Waals surface area contributed by atoms with Crippen LogP contribution in [0, 0.1) is 0 Å². The Hall–Kier alpha value is -0.980. The molecule has 6 nitrogen and oxygen atoms in total. The number of ketones is 1. The predicted octanol–water partition coefficient (Wildman–Crippen LogP) is 0.719. The minimum atomic E-state index is -1.07. The van der Waals surface area contributed by atoms with E-state index in [2.05, 4.69) is 0 Å². The van der Waals surface area contributed by atoms with Crippen molar-refractivity contribution < 1.29 is 28.5 Å². The van der Waals surface area contributed by atoms with Gasteiger partial charge in [0.1, 0.15) is 0 Å². The number of ether oxygens (including phenoxy) is 4. The SMILES string of the molecule is CCOC(=O)C1OC(COCCCCOC)CC1=O. The van der Waals surface area contributed by atoms with E-state index in [1.54, 1.807) is 14.0 Å². The van der Waals surface area contributed by atoms with Crippen LogP contribution in [-0.4, -0.2) is 57.5 Å². The lowest BCUT2D eigenvalue weighted by atomic mass is 10.2. The summed E-state index contributed by atoms with van der Waals surface area (Å²) in [5.41, 5.74) is 0. The maximum atomic E-state index is 11.6. The highest BCUT2D eigenvalue weighted by molar-refractivity contribution is 6.03.